The van der Waals surface area contributed by atoms with Crippen molar-refractivity contribution >= 4 is 0 Å². The van der Waals surface area contributed by atoms with Crippen molar-refractivity contribution in [1.82, 2.24) is 9.55 Å². The highest BCUT2D eigenvalue weighted by atomic mass is 19.1. The maximum atomic E-state index is 11.8. The molecule has 0 amide bonds. The third-order valence-corrected chi connectivity index (χ3v) is 1.40. The van der Waals surface area contributed by atoms with E-state index in [1.165, 1.54) is 17.0 Å². The van der Waals surface area contributed by atoms with E-state index in [9.17, 15) is 4.39 Å². The molecule has 1 unspecified atom stereocenters. The second-order valence-corrected chi connectivity index (χ2v) is 2.32. The first-order valence-electron chi connectivity index (χ1n) is 3.43. The van der Waals surface area contributed by atoms with Crippen LogP contribution in [0.1, 0.15) is 5.82 Å². The van der Waals surface area contributed by atoms with Gasteiger partial charge in [-0.3, -0.25) is 0 Å². The minimum absolute atomic E-state index is 0.0688. The van der Waals surface area contributed by atoms with Gasteiger partial charge < -0.3 is 9.67 Å². The number of hydrogen-bond acceptors (Lipinski definition) is 3. The first-order chi connectivity index (χ1) is 5.77. The van der Waals surface area contributed by atoms with Crippen LogP contribution in [0.2, 0.25) is 0 Å². The van der Waals surface area contributed by atoms with Gasteiger partial charge in [0.25, 0.3) is 0 Å². The number of imidazole rings is 1. The Morgan fingerprint density at radius 3 is 3.17 bits per heavy atom. The SMILES string of the molecule is N#Cc1nccn1CC(O)CF. The Bertz CT molecular complexity index is 291. The molecule has 4 nitrogen and oxygen atoms in total. The highest BCUT2D eigenvalue weighted by Gasteiger charge is 2.07. The lowest BCUT2D eigenvalue weighted by Crippen LogP contribution is -2.18. The Labute approximate surface area is 68.9 Å². The lowest BCUT2D eigenvalue weighted by molar-refractivity contribution is 0.121. The predicted molar refractivity (Wildman–Crippen MR) is 38.9 cm³/mol. The maximum Gasteiger partial charge on any atom is 0.212 e. The number of aliphatic hydroxyl groups is 1. The monoisotopic (exact) mass is 169 g/mol. The van der Waals surface area contributed by atoms with Crippen molar-refractivity contribution < 1.29 is 9.50 Å². The largest absolute Gasteiger partial charge is 0.389 e. The first kappa shape index (κ1) is 8.68. The molecule has 0 bridgehead atoms. The van der Waals surface area contributed by atoms with Gasteiger partial charge in [-0.25, -0.2) is 9.37 Å². The Hall–Kier alpha value is -1.41. The molecule has 64 valence electrons. The van der Waals surface area contributed by atoms with E-state index < -0.39 is 12.8 Å². The van der Waals surface area contributed by atoms with Crippen molar-refractivity contribution in [3.8, 4) is 6.07 Å². The number of aliphatic hydroxyl groups excluding tert-OH is 1. The molecule has 0 aromatic carbocycles. The minimum atomic E-state index is -1.06. The number of alkyl halides is 1. The van der Waals surface area contributed by atoms with Crippen LogP contribution in [-0.2, 0) is 6.54 Å². The fourth-order valence-corrected chi connectivity index (χ4v) is 0.845. The normalized spacial score (nSPS) is 12.4. The molecule has 1 aromatic rings. The molecular formula is C7H8FN3O. The van der Waals surface area contributed by atoms with Crippen LogP contribution in [0.5, 0.6) is 0 Å². The zero-order valence-electron chi connectivity index (χ0n) is 6.31. The van der Waals surface area contributed by atoms with Crippen molar-refractivity contribution in [1.29, 1.82) is 5.26 Å². The zero-order valence-corrected chi connectivity index (χ0v) is 6.31. The smallest absolute Gasteiger partial charge is 0.212 e. The van der Waals surface area contributed by atoms with Gasteiger partial charge in [0.1, 0.15) is 18.8 Å². The van der Waals surface area contributed by atoms with Crippen molar-refractivity contribution in [3.05, 3.63) is 18.2 Å². The molecule has 1 heterocycles. The number of halogens is 1. The average Bonchev–Trinajstić information content (AvgIpc) is 2.51. The maximum absolute atomic E-state index is 11.8. The predicted octanol–water partition coefficient (Wildman–Crippen LogP) is 0.0852. The van der Waals surface area contributed by atoms with Crippen LogP contribution in [0, 0.1) is 11.3 Å². The fourth-order valence-electron chi connectivity index (χ4n) is 0.845. The van der Waals surface area contributed by atoms with Gasteiger partial charge >= 0.3 is 0 Å². The minimum Gasteiger partial charge on any atom is -0.389 e. The quantitative estimate of drug-likeness (QED) is 0.697. The van der Waals surface area contributed by atoms with E-state index in [0.717, 1.165) is 0 Å². The summed E-state index contributed by atoms with van der Waals surface area (Å²) in [6, 6.07) is 1.82. The van der Waals surface area contributed by atoms with Crippen LogP contribution in [0.15, 0.2) is 12.4 Å². The van der Waals surface area contributed by atoms with Crippen LogP contribution >= 0.6 is 0 Å². The fraction of sp³-hybridized carbons (Fsp3) is 0.429. The molecule has 0 spiro atoms. The Morgan fingerprint density at radius 1 is 1.83 bits per heavy atom. The van der Waals surface area contributed by atoms with Gasteiger partial charge in [0.15, 0.2) is 0 Å². The summed E-state index contributed by atoms with van der Waals surface area (Å²) in [7, 11) is 0. The number of nitrogens with zero attached hydrogens (tertiary/aromatic N) is 3. The summed E-state index contributed by atoms with van der Waals surface area (Å²) in [6.45, 7) is -0.748. The van der Waals surface area contributed by atoms with Crippen molar-refractivity contribution in [2.24, 2.45) is 0 Å². The van der Waals surface area contributed by atoms with Gasteiger partial charge in [-0.05, 0) is 0 Å². The van der Waals surface area contributed by atoms with Crippen molar-refractivity contribution in [2.45, 2.75) is 12.6 Å². The Kier molecular flexibility index (Phi) is 2.77. The molecule has 0 radical (unpaired) electrons. The summed E-state index contributed by atoms with van der Waals surface area (Å²) < 4.78 is 13.3. The Morgan fingerprint density at radius 2 is 2.58 bits per heavy atom. The number of hydrogen-bond donors (Lipinski definition) is 1. The molecule has 0 aliphatic heterocycles. The standard InChI is InChI=1S/C7H8FN3O/c8-3-6(12)5-11-2-1-10-7(11)4-9/h1-2,6,12H,3,5H2. The number of aromatic nitrogens is 2. The van der Waals surface area contributed by atoms with Crippen LogP contribution in [0.25, 0.3) is 0 Å². The van der Waals surface area contributed by atoms with E-state index in [1.54, 1.807) is 0 Å². The van der Waals surface area contributed by atoms with E-state index in [1.807, 2.05) is 6.07 Å². The van der Waals surface area contributed by atoms with E-state index in [-0.39, 0.29) is 12.4 Å². The van der Waals surface area contributed by atoms with Crippen LogP contribution in [0.4, 0.5) is 4.39 Å². The van der Waals surface area contributed by atoms with Gasteiger partial charge in [0.05, 0.1) is 6.54 Å². The molecule has 0 aliphatic carbocycles. The lowest BCUT2D eigenvalue weighted by Gasteiger charge is -2.06. The summed E-state index contributed by atoms with van der Waals surface area (Å²) >= 11 is 0. The second-order valence-electron chi connectivity index (χ2n) is 2.32. The summed E-state index contributed by atoms with van der Waals surface area (Å²) in [5.74, 6) is 0.183. The molecule has 1 aromatic heterocycles. The van der Waals surface area contributed by atoms with Crippen LogP contribution < -0.4 is 0 Å². The van der Waals surface area contributed by atoms with Gasteiger partial charge in [0, 0.05) is 12.4 Å². The average molecular weight is 169 g/mol. The summed E-state index contributed by atoms with van der Waals surface area (Å²) in [4.78, 5) is 3.69. The molecule has 0 saturated carbocycles. The van der Waals surface area contributed by atoms with E-state index in [4.69, 9.17) is 10.4 Å². The van der Waals surface area contributed by atoms with Gasteiger partial charge in [-0.2, -0.15) is 5.26 Å². The van der Waals surface area contributed by atoms with E-state index in [0.29, 0.717) is 0 Å². The van der Waals surface area contributed by atoms with Crippen molar-refractivity contribution in [2.75, 3.05) is 6.67 Å². The molecule has 1 N–H and O–H groups in total. The highest BCUT2D eigenvalue weighted by Crippen LogP contribution is 1.98. The van der Waals surface area contributed by atoms with E-state index >= 15 is 0 Å². The topological polar surface area (TPSA) is 61.8 Å². The molecule has 0 aliphatic rings. The lowest BCUT2D eigenvalue weighted by atomic mass is 10.4. The third kappa shape index (κ3) is 1.80. The molecule has 0 saturated heterocycles. The van der Waals surface area contributed by atoms with Crippen LogP contribution in [-0.4, -0.2) is 27.4 Å². The molecule has 0 fully saturated rings. The summed E-state index contributed by atoms with van der Waals surface area (Å²) in [5.41, 5.74) is 0. The second kappa shape index (κ2) is 3.83. The molecule has 12 heavy (non-hydrogen) atoms. The van der Waals surface area contributed by atoms with Gasteiger partial charge in [-0.15, -0.1) is 0 Å². The number of rotatable bonds is 3. The molecular weight excluding hydrogens is 161 g/mol. The van der Waals surface area contributed by atoms with Crippen molar-refractivity contribution in [3.63, 3.8) is 0 Å². The molecule has 1 atom stereocenters. The van der Waals surface area contributed by atoms with Gasteiger partial charge in [-0.1, -0.05) is 0 Å². The zero-order chi connectivity index (χ0) is 8.97. The molecule has 1 rings (SSSR count). The number of nitriles is 1. The molecule has 5 heteroatoms. The van der Waals surface area contributed by atoms with E-state index in [2.05, 4.69) is 4.98 Å². The third-order valence-electron chi connectivity index (χ3n) is 1.40. The highest BCUT2D eigenvalue weighted by molar-refractivity contribution is 5.11. The summed E-state index contributed by atoms with van der Waals surface area (Å²) in [5, 5.41) is 17.4. The van der Waals surface area contributed by atoms with Crippen LogP contribution in [0.3, 0.4) is 0 Å². The Balaban J connectivity index is 2.69. The first-order valence-corrected chi connectivity index (χ1v) is 3.43. The summed E-state index contributed by atoms with van der Waals surface area (Å²) in [6.07, 6.45) is 1.90. The van der Waals surface area contributed by atoms with Gasteiger partial charge in [0.2, 0.25) is 5.82 Å².